The SMILES string of the molecule is CNC(=O)C(=O)c1c[nH]c2c(OC(C)C)cc3c(C(=O)NC)c(-c4ccc(C)cc4)oc3c12. The van der Waals surface area contributed by atoms with Crippen molar-refractivity contribution >= 4 is 39.5 Å². The van der Waals surface area contributed by atoms with Crippen LogP contribution in [0.2, 0.25) is 0 Å². The molecule has 3 N–H and O–H groups in total. The van der Waals surface area contributed by atoms with Gasteiger partial charge in [-0.3, -0.25) is 14.4 Å². The Morgan fingerprint density at radius 3 is 2.36 bits per heavy atom. The Hall–Kier alpha value is -4.07. The number of aromatic nitrogens is 1. The molecule has 0 aliphatic rings. The number of carbonyl (C=O) groups excluding carboxylic acids is 3. The van der Waals surface area contributed by atoms with Crippen molar-refractivity contribution in [2.24, 2.45) is 0 Å². The third-order valence-electron chi connectivity index (χ3n) is 5.38. The second-order valence-electron chi connectivity index (χ2n) is 8.03. The van der Waals surface area contributed by atoms with Crippen LogP contribution in [-0.2, 0) is 4.79 Å². The van der Waals surface area contributed by atoms with Gasteiger partial charge in [-0.15, -0.1) is 0 Å². The Kier molecular flexibility index (Phi) is 5.68. The number of rotatable bonds is 6. The monoisotopic (exact) mass is 447 g/mol. The minimum absolute atomic E-state index is 0.135. The number of ketones is 1. The third-order valence-corrected chi connectivity index (χ3v) is 5.38. The first kappa shape index (κ1) is 22.1. The van der Waals surface area contributed by atoms with E-state index in [1.165, 1.54) is 13.2 Å². The van der Waals surface area contributed by atoms with Gasteiger partial charge in [0.2, 0.25) is 0 Å². The van der Waals surface area contributed by atoms with E-state index in [0.717, 1.165) is 5.56 Å². The Bertz CT molecular complexity index is 1390. The number of ether oxygens (including phenoxy) is 1. The van der Waals surface area contributed by atoms with E-state index in [1.807, 2.05) is 45.0 Å². The average molecular weight is 447 g/mol. The van der Waals surface area contributed by atoms with Crippen molar-refractivity contribution in [3.8, 4) is 17.1 Å². The first-order chi connectivity index (χ1) is 15.8. The number of carbonyl (C=O) groups is 3. The summed E-state index contributed by atoms with van der Waals surface area (Å²) in [5.74, 6) is -0.997. The molecule has 0 bridgehead atoms. The van der Waals surface area contributed by atoms with Gasteiger partial charge in [0.25, 0.3) is 17.6 Å². The Labute approximate surface area is 190 Å². The molecule has 0 aliphatic carbocycles. The van der Waals surface area contributed by atoms with E-state index in [0.29, 0.717) is 44.5 Å². The van der Waals surface area contributed by atoms with Gasteiger partial charge in [0.1, 0.15) is 17.1 Å². The molecule has 2 aromatic carbocycles. The van der Waals surface area contributed by atoms with Crippen molar-refractivity contribution in [2.45, 2.75) is 26.9 Å². The minimum atomic E-state index is -0.754. The predicted molar refractivity (Wildman–Crippen MR) is 126 cm³/mol. The first-order valence-corrected chi connectivity index (χ1v) is 10.6. The maximum absolute atomic E-state index is 13.0. The Morgan fingerprint density at radius 1 is 1.06 bits per heavy atom. The summed E-state index contributed by atoms with van der Waals surface area (Å²) in [6.45, 7) is 5.72. The second kappa shape index (κ2) is 8.46. The van der Waals surface area contributed by atoms with Crippen molar-refractivity contribution in [2.75, 3.05) is 14.1 Å². The summed E-state index contributed by atoms with van der Waals surface area (Å²) < 4.78 is 12.3. The van der Waals surface area contributed by atoms with Crippen molar-refractivity contribution in [3.05, 3.63) is 53.2 Å². The van der Waals surface area contributed by atoms with E-state index in [1.54, 1.807) is 13.1 Å². The summed E-state index contributed by atoms with van der Waals surface area (Å²) in [6, 6.07) is 9.33. The first-order valence-electron chi connectivity index (χ1n) is 10.6. The van der Waals surface area contributed by atoms with Gasteiger partial charge >= 0.3 is 0 Å². The molecule has 0 saturated heterocycles. The number of aryl methyl sites for hydroxylation is 1. The largest absolute Gasteiger partial charge is 0.489 e. The zero-order valence-corrected chi connectivity index (χ0v) is 19.1. The van der Waals surface area contributed by atoms with Gasteiger partial charge in [0, 0.05) is 31.2 Å². The lowest BCUT2D eigenvalue weighted by Crippen LogP contribution is -2.27. The highest BCUT2D eigenvalue weighted by Gasteiger charge is 2.29. The summed E-state index contributed by atoms with van der Waals surface area (Å²) in [6.07, 6.45) is 1.29. The number of nitrogens with one attached hydrogen (secondary N) is 3. The fourth-order valence-corrected chi connectivity index (χ4v) is 3.84. The van der Waals surface area contributed by atoms with Gasteiger partial charge < -0.3 is 24.8 Å². The van der Waals surface area contributed by atoms with Crippen LogP contribution in [0.15, 0.2) is 40.9 Å². The lowest BCUT2D eigenvalue weighted by atomic mass is 10.0. The molecule has 0 radical (unpaired) electrons. The molecule has 8 heteroatoms. The van der Waals surface area contributed by atoms with E-state index in [9.17, 15) is 14.4 Å². The number of amides is 2. The molecule has 170 valence electrons. The molecule has 0 aliphatic heterocycles. The Balaban J connectivity index is 2.14. The molecule has 33 heavy (non-hydrogen) atoms. The van der Waals surface area contributed by atoms with E-state index in [2.05, 4.69) is 15.6 Å². The normalized spacial score (nSPS) is 11.2. The molecule has 0 saturated carbocycles. The van der Waals surface area contributed by atoms with Gasteiger partial charge in [-0.1, -0.05) is 29.8 Å². The second-order valence-corrected chi connectivity index (χ2v) is 8.03. The zero-order valence-electron chi connectivity index (χ0n) is 19.1. The number of hydrogen-bond donors (Lipinski definition) is 3. The van der Waals surface area contributed by atoms with Crippen molar-refractivity contribution in [3.63, 3.8) is 0 Å². The maximum atomic E-state index is 13.0. The lowest BCUT2D eigenvalue weighted by Gasteiger charge is -2.11. The molecule has 2 aromatic heterocycles. The molecular formula is C25H25N3O5. The van der Waals surface area contributed by atoms with Crippen LogP contribution in [0.1, 0.15) is 40.1 Å². The number of likely N-dealkylation sites (N-methyl/N-ethyl adjacent to an activating group) is 1. The molecule has 2 amide bonds. The number of H-pyrrole nitrogens is 1. The van der Waals surface area contributed by atoms with Crippen molar-refractivity contribution in [1.29, 1.82) is 0 Å². The quantitative estimate of drug-likeness (QED) is 0.306. The highest BCUT2D eigenvalue weighted by Crippen LogP contribution is 2.42. The van der Waals surface area contributed by atoms with Crippen LogP contribution in [0.3, 0.4) is 0 Å². The van der Waals surface area contributed by atoms with Gasteiger partial charge in [0.15, 0.2) is 0 Å². The van der Waals surface area contributed by atoms with Crippen molar-refractivity contribution < 1.29 is 23.5 Å². The number of fused-ring (bicyclic) bond motifs is 3. The van der Waals surface area contributed by atoms with Crippen LogP contribution in [0.5, 0.6) is 5.75 Å². The van der Waals surface area contributed by atoms with Crippen LogP contribution in [0.25, 0.3) is 33.2 Å². The van der Waals surface area contributed by atoms with Crippen molar-refractivity contribution in [1.82, 2.24) is 15.6 Å². The standard InChI is InChI=1S/C25H25N3O5/c1-12(2)32-17-10-15-19(24(30)26-4)22(14-8-6-13(3)7-9-14)33-23(15)18-16(11-28-20(17)18)21(29)25(31)27-5/h6-12,28H,1-5H3,(H,26,30)(H,27,31). The van der Waals surface area contributed by atoms with E-state index in [-0.39, 0.29) is 17.6 Å². The summed E-state index contributed by atoms with van der Waals surface area (Å²) in [4.78, 5) is 41.0. The average Bonchev–Trinajstić information content (AvgIpc) is 3.40. The highest BCUT2D eigenvalue weighted by atomic mass is 16.5. The number of aromatic amines is 1. The maximum Gasteiger partial charge on any atom is 0.292 e. The van der Waals surface area contributed by atoms with E-state index >= 15 is 0 Å². The van der Waals surface area contributed by atoms with Crippen LogP contribution in [0, 0.1) is 6.92 Å². The Morgan fingerprint density at radius 2 is 1.76 bits per heavy atom. The molecule has 0 spiro atoms. The fraction of sp³-hybridized carbons (Fsp3) is 0.240. The molecule has 8 nitrogen and oxygen atoms in total. The van der Waals surface area contributed by atoms with Gasteiger partial charge in [0.05, 0.1) is 28.1 Å². The van der Waals surface area contributed by atoms with Crippen LogP contribution in [0.4, 0.5) is 0 Å². The third kappa shape index (κ3) is 3.73. The predicted octanol–water partition coefficient (Wildman–Crippen LogP) is 3.97. The summed E-state index contributed by atoms with van der Waals surface area (Å²) in [7, 11) is 2.94. The molecule has 0 unspecified atom stereocenters. The fourth-order valence-electron chi connectivity index (χ4n) is 3.84. The summed E-state index contributed by atoms with van der Waals surface area (Å²) >= 11 is 0. The van der Waals surface area contributed by atoms with Gasteiger partial charge in [-0.25, -0.2) is 0 Å². The van der Waals surface area contributed by atoms with Crippen LogP contribution in [-0.4, -0.2) is 42.8 Å². The highest BCUT2D eigenvalue weighted by molar-refractivity contribution is 6.46. The minimum Gasteiger partial charge on any atom is -0.489 e. The van der Waals surface area contributed by atoms with E-state index < -0.39 is 11.7 Å². The van der Waals surface area contributed by atoms with E-state index in [4.69, 9.17) is 9.15 Å². The molecular weight excluding hydrogens is 422 g/mol. The summed E-state index contributed by atoms with van der Waals surface area (Å²) in [5, 5.41) is 5.90. The molecule has 0 atom stereocenters. The number of hydrogen-bond acceptors (Lipinski definition) is 5. The summed E-state index contributed by atoms with van der Waals surface area (Å²) in [5.41, 5.74) is 3.07. The number of Topliss-reactive ketones (excluding diaryl/α,β-unsaturated/α-hetero) is 1. The lowest BCUT2D eigenvalue weighted by molar-refractivity contribution is -0.116. The van der Waals surface area contributed by atoms with Gasteiger partial charge in [-0.2, -0.15) is 0 Å². The molecule has 4 aromatic rings. The smallest absolute Gasteiger partial charge is 0.292 e. The number of furan rings is 1. The molecule has 0 fully saturated rings. The van der Waals surface area contributed by atoms with Crippen LogP contribution < -0.4 is 15.4 Å². The van der Waals surface area contributed by atoms with Crippen LogP contribution >= 0.6 is 0 Å². The topological polar surface area (TPSA) is 113 Å². The molecule has 2 heterocycles. The molecule has 4 rings (SSSR count). The zero-order chi connectivity index (χ0) is 23.9. The number of benzene rings is 2. The van der Waals surface area contributed by atoms with Gasteiger partial charge in [-0.05, 0) is 26.8 Å².